The van der Waals surface area contributed by atoms with Crippen LogP contribution in [0.1, 0.15) is 29.2 Å². The standard InChI is InChI=1S/C25H30N6O2/c1-33-15-14-30-16-20(18-8-3-2-4-9-18)22(17-30)27-25(32)28-24-19-10-7-11-21(19)29-31(24)23-12-5-6-13-26-23/h2-6,8-9,12-13,20,22H,7,10-11,14-17H2,1H3,(H2,27,28,32). The number of aromatic nitrogens is 3. The van der Waals surface area contributed by atoms with Crippen molar-refractivity contribution in [3.8, 4) is 5.82 Å². The molecule has 2 amide bonds. The number of urea groups is 1. The van der Waals surface area contributed by atoms with Gasteiger partial charge in [-0.25, -0.2) is 9.78 Å². The molecule has 1 aliphatic heterocycles. The van der Waals surface area contributed by atoms with E-state index in [-0.39, 0.29) is 18.0 Å². The first-order chi connectivity index (χ1) is 16.2. The number of pyridine rings is 1. The zero-order valence-corrected chi connectivity index (χ0v) is 18.9. The van der Waals surface area contributed by atoms with Crippen molar-refractivity contribution in [2.24, 2.45) is 0 Å². The number of benzene rings is 1. The molecule has 2 aromatic heterocycles. The fraction of sp³-hybridized carbons (Fsp3) is 0.400. The Hall–Kier alpha value is -3.23. The molecule has 0 saturated carbocycles. The molecule has 1 aromatic carbocycles. The lowest BCUT2D eigenvalue weighted by atomic mass is 9.94. The van der Waals surface area contributed by atoms with Crippen LogP contribution in [0.2, 0.25) is 0 Å². The van der Waals surface area contributed by atoms with Gasteiger partial charge in [-0.2, -0.15) is 9.78 Å². The topological polar surface area (TPSA) is 84.3 Å². The number of rotatable bonds is 7. The molecule has 2 N–H and O–H groups in total. The molecule has 172 valence electrons. The Labute approximate surface area is 194 Å². The maximum atomic E-state index is 13.2. The second kappa shape index (κ2) is 9.72. The van der Waals surface area contributed by atoms with Gasteiger partial charge in [0.25, 0.3) is 0 Å². The molecule has 0 spiro atoms. The van der Waals surface area contributed by atoms with E-state index in [1.54, 1.807) is 18.0 Å². The van der Waals surface area contributed by atoms with Crippen molar-refractivity contribution in [2.75, 3.05) is 38.7 Å². The second-order valence-corrected chi connectivity index (χ2v) is 8.70. The molecule has 8 nitrogen and oxygen atoms in total. The first kappa shape index (κ1) is 21.6. The maximum Gasteiger partial charge on any atom is 0.320 e. The third-order valence-electron chi connectivity index (χ3n) is 6.56. The zero-order valence-electron chi connectivity index (χ0n) is 18.9. The van der Waals surface area contributed by atoms with Gasteiger partial charge in [-0.1, -0.05) is 36.4 Å². The lowest BCUT2D eigenvalue weighted by Gasteiger charge is -2.21. The number of amides is 2. The van der Waals surface area contributed by atoms with Crippen LogP contribution in [0.15, 0.2) is 54.7 Å². The number of nitrogens with zero attached hydrogens (tertiary/aromatic N) is 4. The summed E-state index contributed by atoms with van der Waals surface area (Å²) in [4.78, 5) is 20.0. The van der Waals surface area contributed by atoms with Gasteiger partial charge in [-0.3, -0.25) is 10.2 Å². The van der Waals surface area contributed by atoms with E-state index >= 15 is 0 Å². The Morgan fingerprint density at radius 3 is 2.76 bits per heavy atom. The summed E-state index contributed by atoms with van der Waals surface area (Å²) in [5, 5.41) is 11.1. The first-order valence-corrected chi connectivity index (χ1v) is 11.6. The van der Waals surface area contributed by atoms with Crippen LogP contribution in [-0.4, -0.2) is 65.1 Å². The molecule has 8 heteroatoms. The van der Waals surface area contributed by atoms with E-state index < -0.39 is 0 Å². The van der Waals surface area contributed by atoms with Crippen molar-refractivity contribution in [1.82, 2.24) is 25.0 Å². The molecular weight excluding hydrogens is 416 g/mol. The molecule has 0 radical (unpaired) electrons. The monoisotopic (exact) mass is 446 g/mol. The average molecular weight is 447 g/mol. The summed E-state index contributed by atoms with van der Waals surface area (Å²) in [7, 11) is 1.72. The Morgan fingerprint density at radius 2 is 1.97 bits per heavy atom. The number of ether oxygens (including phenoxy) is 1. The predicted octanol–water partition coefficient (Wildman–Crippen LogP) is 2.99. The van der Waals surface area contributed by atoms with Crippen molar-refractivity contribution in [2.45, 2.75) is 31.2 Å². The van der Waals surface area contributed by atoms with Crippen LogP contribution in [0.5, 0.6) is 0 Å². The van der Waals surface area contributed by atoms with Gasteiger partial charge < -0.3 is 10.1 Å². The largest absolute Gasteiger partial charge is 0.383 e. The predicted molar refractivity (Wildman–Crippen MR) is 127 cm³/mol. The van der Waals surface area contributed by atoms with E-state index in [9.17, 15) is 4.79 Å². The fourth-order valence-electron chi connectivity index (χ4n) is 4.95. The number of hydrogen-bond donors (Lipinski definition) is 2. The highest BCUT2D eigenvalue weighted by Gasteiger charge is 2.35. The first-order valence-electron chi connectivity index (χ1n) is 11.6. The van der Waals surface area contributed by atoms with Crippen LogP contribution < -0.4 is 10.6 Å². The summed E-state index contributed by atoms with van der Waals surface area (Å²) in [6, 6.07) is 15.9. The van der Waals surface area contributed by atoms with Crippen molar-refractivity contribution in [3.05, 3.63) is 71.5 Å². The highest BCUT2D eigenvalue weighted by atomic mass is 16.5. The third kappa shape index (κ3) is 4.62. The average Bonchev–Trinajstić information content (AvgIpc) is 3.55. The van der Waals surface area contributed by atoms with Gasteiger partial charge in [0, 0.05) is 44.4 Å². The Kier molecular flexibility index (Phi) is 6.37. The number of carbonyl (C=O) groups excluding carboxylic acids is 1. The van der Waals surface area contributed by atoms with E-state index in [2.05, 4.69) is 44.8 Å². The second-order valence-electron chi connectivity index (χ2n) is 8.70. The molecule has 33 heavy (non-hydrogen) atoms. The summed E-state index contributed by atoms with van der Waals surface area (Å²) in [6.07, 6.45) is 4.64. The zero-order chi connectivity index (χ0) is 22.6. The number of hydrogen-bond acceptors (Lipinski definition) is 5. The van der Waals surface area contributed by atoms with Crippen LogP contribution in [0, 0.1) is 0 Å². The molecule has 2 unspecified atom stereocenters. The molecule has 3 aromatic rings. The number of aryl methyl sites for hydroxylation is 1. The lowest BCUT2D eigenvalue weighted by Crippen LogP contribution is -2.42. The quantitative estimate of drug-likeness (QED) is 0.583. The minimum absolute atomic E-state index is 0.00327. The molecule has 5 rings (SSSR count). The summed E-state index contributed by atoms with van der Waals surface area (Å²) >= 11 is 0. The molecule has 1 aliphatic carbocycles. The Bertz CT molecular complexity index is 1090. The van der Waals surface area contributed by atoms with E-state index in [0.29, 0.717) is 12.4 Å². The molecule has 2 aliphatic rings. The number of anilines is 1. The van der Waals surface area contributed by atoms with Gasteiger partial charge >= 0.3 is 6.03 Å². The molecule has 0 bridgehead atoms. The van der Waals surface area contributed by atoms with E-state index in [4.69, 9.17) is 9.84 Å². The van der Waals surface area contributed by atoms with Gasteiger partial charge in [-0.05, 0) is 37.0 Å². The highest BCUT2D eigenvalue weighted by Crippen LogP contribution is 2.31. The van der Waals surface area contributed by atoms with E-state index in [1.165, 1.54) is 5.56 Å². The van der Waals surface area contributed by atoms with Crippen molar-refractivity contribution in [3.63, 3.8) is 0 Å². The number of fused-ring (bicyclic) bond motifs is 1. The number of nitrogens with one attached hydrogen (secondary N) is 2. The van der Waals surface area contributed by atoms with Gasteiger partial charge in [0.15, 0.2) is 5.82 Å². The lowest BCUT2D eigenvalue weighted by molar-refractivity contribution is 0.159. The van der Waals surface area contributed by atoms with Gasteiger partial charge in [-0.15, -0.1) is 0 Å². The van der Waals surface area contributed by atoms with Crippen LogP contribution >= 0.6 is 0 Å². The number of likely N-dealkylation sites (tertiary alicyclic amines) is 1. The van der Waals surface area contributed by atoms with Crippen LogP contribution in [0.4, 0.5) is 10.6 Å². The van der Waals surface area contributed by atoms with Crippen molar-refractivity contribution in [1.29, 1.82) is 0 Å². The van der Waals surface area contributed by atoms with E-state index in [0.717, 1.165) is 56.0 Å². The third-order valence-corrected chi connectivity index (χ3v) is 6.56. The van der Waals surface area contributed by atoms with Crippen molar-refractivity contribution < 1.29 is 9.53 Å². The molecule has 3 heterocycles. The summed E-state index contributed by atoms with van der Waals surface area (Å²) in [5.74, 6) is 1.65. The summed E-state index contributed by atoms with van der Waals surface area (Å²) in [6.45, 7) is 3.20. The van der Waals surface area contributed by atoms with Crippen LogP contribution in [0.3, 0.4) is 0 Å². The minimum Gasteiger partial charge on any atom is -0.383 e. The molecule has 1 saturated heterocycles. The summed E-state index contributed by atoms with van der Waals surface area (Å²) < 4.78 is 7.03. The Balaban J connectivity index is 1.35. The van der Waals surface area contributed by atoms with Crippen LogP contribution in [-0.2, 0) is 17.6 Å². The fourth-order valence-corrected chi connectivity index (χ4v) is 4.95. The molecule has 2 atom stereocenters. The minimum atomic E-state index is -0.207. The van der Waals surface area contributed by atoms with Crippen molar-refractivity contribution >= 4 is 11.8 Å². The highest BCUT2D eigenvalue weighted by molar-refractivity contribution is 5.90. The maximum absolute atomic E-state index is 13.2. The van der Waals surface area contributed by atoms with Crippen LogP contribution in [0.25, 0.3) is 5.82 Å². The van der Waals surface area contributed by atoms with Gasteiger partial charge in [0.1, 0.15) is 5.82 Å². The Morgan fingerprint density at radius 1 is 1.12 bits per heavy atom. The number of methoxy groups -OCH3 is 1. The van der Waals surface area contributed by atoms with E-state index in [1.807, 2.05) is 24.3 Å². The molecule has 1 fully saturated rings. The van der Waals surface area contributed by atoms with Gasteiger partial charge in [0.05, 0.1) is 18.3 Å². The van der Waals surface area contributed by atoms with Gasteiger partial charge in [0.2, 0.25) is 0 Å². The smallest absolute Gasteiger partial charge is 0.320 e. The summed E-state index contributed by atoms with van der Waals surface area (Å²) in [5.41, 5.74) is 3.40. The molecular formula is C25H30N6O2. The normalized spacial score (nSPS) is 20.0. The SMILES string of the molecule is COCCN1CC(NC(=O)Nc2c3c(nn2-c2ccccn2)CCC3)C(c2ccccc2)C1. The number of carbonyl (C=O) groups is 1.